The largest absolute Gasteiger partial charge is 0.357 e. The van der Waals surface area contributed by atoms with Crippen LogP contribution in [0.2, 0.25) is 0 Å². The van der Waals surface area contributed by atoms with Gasteiger partial charge in [0.15, 0.2) is 5.96 Å². The van der Waals surface area contributed by atoms with Gasteiger partial charge in [-0.25, -0.2) is 9.98 Å². The fourth-order valence-electron chi connectivity index (χ4n) is 4.35. The zero-order valence-electron chi connectivity index (χ0n) is 19.0. The number of anilines is 1. The van der Waals surface area contributed by atoms with Gasteiger partial charge in [0.1, 0.15) is 0 Å². The third kappa shape index (κ3) is 6.02. The van der Waals surface area contributed by atoms with Crippen molar-refractivity contribution < 1.29 is 4.79 Å². The van der Waals surface area contributed by atoms with Crippen LogP contribution in [-0.2, 0) is 11.3 Å². The molecule has 0 bridgehead atoms. The van der Waals surface area contributed by atoms with Crippen LogP contribution in [0.5, 0.6) is 0 Å². The lowest BCUT2D eigenvalue weighted by atomic mass is 9.85. The number of halogens is 1. The average molecular weight is 550 g/mol. The van der Waals surface area contributed by atoms with Gasteiger partial charge in [0.25, 0.3) is 0 Å². The molecule has 0 radical (unpaired) electrons. The van der Waals surface area contributed by atoms with Gasteiger partial charge in [-0.1, -0.05) is 25.5 Å². The maximum absolute atomic E-state index is 12.3. The van der Waals surface area contributed by atoms with Crippen LogP contribution in [0.4, 0.5) is 5.69 Å². The Labute approximate surface area is 208 Å². The van der Waals surface area contributed by atoms with Gasteiger partial charge in [0, 0.05) is 43.6 Å². The van der Waals surface area contributed by atoms with Crippen LogP contribution in [0.3, 0.4) is 0 Å². The molecular formula is C24H35IN6O. The van der Waals surface area contributed by atoms with E-state index in [4.69, 9.17) is 4.99 Å². The van der Waals surface area contributed by atoms with Crippen LogP contribution >= 0.6 is 24.0 Å². The van der Waals surface area contributed by atoms with E-state index in [2.05, 4.69) is 51.2 Å². The summed E-state index contributed by atoms with van der Waals surface area (Å²) in [5.41, 5.74) is 1.96. The molecule has 2 heterocycles. The van der Waals surface area contributed by atoms with E-state index in [0.29, 0.717) is 18.5 Å². The first-order valence-electron chi connectivity index (χ1n) is 11.5. The van der Waals surface area contributed by atoms with Crippen molar-refractivity contribution in [3.8, 4) is 0 Å². The quantitative estimate of drug-likeness (QED) is 0.320. The minimum atomic E-state index is 0. The molecule has 1 aromatic heterocycles. The second kappa shape index (κ2) is 11.7. The zero-order chi connectivity index (χ0) is 21.6. The fourth-order valence-corrected chi connectivity index (χ4v) is 4.35. The number of imidazole rings is 1. The summed E-state index contributed by atoms with van der Waals surface area (Å²) in [6, 6.07) is 8.45. The summed E-state index contributed by atoms with van der Waals surface area (Å²) in [4.78, 5) is 23.8. The number of nitrogens with zero attached hydrogens (tertiary/aromatic N) is 4. The molecule has 2 N–H and O–H groups in total. The van der Waals surface area contributed by atoms with Gasteiger partial charge in [0.05, 0.1) is 18.9 Å². The van der Waals surface area contributed by atoms with Crippen LogP contribution in [-0.4, -0.2) is 46.0 Å². The van der Waals surface area contributed by atoms with Crippen LogP contribution in [0, 0.1) is 11.8 Å². The van der Waals surface area contributed by atoms with E-state index in [-0.39, 0.29) is 35.8 Å². The summed E-state index contributed by atoms with van der Waals surface area (Å²) in [6.07, 6.45) is 10.1. The highest BCUT2D eigenvalue weighted by atomic mass is 127. The number of aromatic nitrogens is 2. The van der Waals surface area contributed by atoms with Gasteiger partial charge in [-0.05, 0) is 49.8 Å². The molecule has 1 saturated carbocycles. The molecule has 8 heteroatoms. The topological polar surface area (TPSA) is 74.6 Å². The van der Waals surface area contributed by atoms with E-state index in [0.717, 1.165) is 62.5 Å². The molecule has 1 saturated heterocycles. The Morgan fingerprint density at radius 2 is 2.12 bits per heavy atom. The van der Waals surface area contributed by atoms with Crippen LogP contribution < -0.4 is 10.6 Å². The smallest absolute Gasteiger partial charge is 0.227 e. The van der Waals surface area contributed by atoms with Crippen molar-refractivity contribution >= 4 is 41.5 Å². The lowest BCUT2D eigenvalue weighted by Gasteiger charge is -2.39. The van der Waals surface area contributed by atoms with E-state index in [9.17, 15) is 4.79 Å². The molecule has 2 unspecified atom stereocenters. The lowest BCUT2D eigenvalue weighted by molar-refractivity contribution is -0.122. The summed E-state index contributed by atoms with van der Waals surface area (Å²) in [5.74, 6) is 1.88. The normalized spacial score (nSPS) is 21.4. The molecule has 1 aliphatic carbocycles. The molecule has 1 aliphatic heterocycles. The predicted molar refractivity (Wildman–Crippen MR) is 139 cm³/mol. The van der Waals surface area contributed by atoms with Crippen LogP contribution in [0.1, 0.15) is 51.1 Å². The summed E-state index contributed by atoms with van der Waals surface area (Å²) in [7, 11) is 0. The van der Waals surface area contributed by atoms with Crippen molar-refractivity contribution in [2.24, 2.45) is 16.8 Å². The summed E-state index contributed by atoms with van der Waals surface area (Å²) in [6.45, 7) is 7.74. The predicted octanol–water partition coefficient (Wildman–Crippen LogP) is 4.29. The highest BCUT2D eigenvalue weighted by Gasteiger charge is 2.29. The van der Waals surface area contributed by atoms with E-state index in [1.165, 1.54) is 0 Å². The van der Waals surface area contributed by atoms with Crippen molar-refractivity contribution in [1.82, 2.24) is 19.8 Å². The number of benzene rings is 1. The molecule has 1 amide bonds. The molecule has 1 aromatic carbocycles. The second-order valence-electron chi connectivity index (χ2n) is 8.78. The first-order valence-corrected chi connectivity index (χ1v) is 11.5. The molecule has 2 atom stereocenters. The summed E-state index contributed by atoms with van der Waals surface area (Å²) in [5, 5.41) is 6.53. The molecule has 2 fully saturated rings. The first-order chi connectivity index (χ1) is 15.1. The molecule has 7 nitrogen and oxygen atoms in total. The van der Waals surface area contributed by atoms with E-state index in [1.807, 2.05) is 30.7 Å². The van der Waals surface area contributed by atoms with Crippen molar-refractivity contribution in [2.45, 2.75) is 52.1 Å². The third-order valence-electron chi connectivity index (χ3n) is 6.54. The monoisotopic (exact) mass is 550 g/mol. The van der Waals surface area contributed by atoms with Crippen LogP contribution in [0.15, 0.2) is 48.0 Å². The third-order valence-corrected chi connectivity index (χ3v) is 6.54. The van der Waals surface area contributed by atoms with Crippen LogP contribution in [0.25, 0.3) is 0 Å². The second-order valence-corrected chi connectivity index (χ2v) is 8.78. The van der Waals surface area contributed by atoms with E-state index >= 15 is 0 Å². The van der Waals surface area contributed by atoms with Crippen molar-refractivity contribution in [3.63, 3.8) is 0 Å². The number of piperidine rings is 1. The number of rotatable bonds is 6. The first kappa shape index (κ1) is 24.5. The van der Waals surface area contributed by atoms with Gasteiger partial charge < -0.3 is 20.1 Å². The standard InChI is InChI=1S/C24H34N6O.HI/c1-3-26-24(29-12-10-18(2)22(16-29)30-13-11-25-17-30)27-15-19-6-4-9-21(14-19)28-23(31)20-7-5-8-20;/h4,6,9,11,13-14,17-18,20,22H,3,5,7-8,10,12,15-16H2,1-2H3,(H,26,27)(H,28,31);1H. The summed E-state index contributed by atoms with van der Waals surface area (Å²) >= 11 is 0. The molecule has 174 valence electrons. The number of amides is 1. The summed E-state index contributed by atoms with van der Waals surface area (Å²) < 4.78 is 2.22. The number of guanidine groups is 1. The highest BCUT2D eigenvalue weighted by molar-refractivity contribution is 14.0. The molecule has 2 aromatic rings. The minimum absolute atomic E-state index is 0. The van der Waals surface area contributed by atoms with Crippen molar-refractivity contribution in [2.75, 3.05) is 25.0 Å². The van der Waals surface area contributed by atoms with E-state index in [1.54, 1.807) is 0 Å². The number of hydrogen-bond donors (Lipinski definition) is 2. The number of nitrogens with one attached hydrogen (secondary N) is 2. The fraction of sp³-hybridized carbons (Fsp3) is 0.542. The Hall–Kier alpha value is -2.10. The number of hydrogen-bond acceptors (Lipinski definition) is 3. The maximum Gasteiger partial charge on any atom is 0.227 e. The maximum atomic E-state index is 12.3. The molecular weight excluding hydrogens is 515 g/mol. The molecule has 2 aliphatic rings. The van der Waals surface area contributed by atoms with Crippen molar-refractivity contribution in [1.29, 1.82) is 0 Å². The van der Waals surface area contributed by atoms with Gasteiger partial charge >= 0.3 is 0 Å². The minimum Gasteiger partial charge on any atom is -0.357 e. The van der Waals surface area contributed by atoms with Gasteiger partial charge in [-0.15, -0.1) is 24.0 Å². The Bertz CT molecular complexity index is 896. The number of carbonyl (C=O) groups excluding carboxylic acids is 1. The average Bonchev–Trinajstić information content (AvgIpc) is 3.25. The SMILES string of the molecule is CCNC(=NCc1cccc(NC(=O)C2CCC2)c1)N1CCC(C)C(n2ccnc2)C1.I. The Kier molecular flexibility index (Phi) is 8.95. The number of likely N-dealkylation sites (tertiary alicyclic amines) is 1. The zero-order valence-corrected chi connectivity index (χ0v) is 21.4. The van der Waals surface area contributed by atoms with Crippen molar-refractivity contribution in [3.05, 3.63) is 48.5 Å². The molecule has 32 heavy (non-hydrogen) atoms. The molecule has 0 spiro atoms. The molecule has 4 rings (SSSR count). The number of aliphatic imine (C=N–C) groups is 1. The van der Waals surface area contributed by atoms with Gasteiger partial charge in [-0.3, -0.25) is 4.79 Å². The Balaban J connectivity index is 0.00000289. The number of carbonyl (C=O) groups is 1. The Morgan fingerprint density at radius 1 is 1.28 bits per heavy atom. The Morgan fingerprint density at radius 3 is 2.81 bits per heavy atom. The highest BCUT2D eigenvalue weighted by Crippen LogP contribution is 2.28. The lowest BCUT2D eigenvalue weighted by Crippen LogP contribution is -2.49. The van der Waals surface area contributed by atoms with Gasteiger partial charge in [-0.2, -0.15) is 0 Å². The van der Waals surface area contributed by atoms with E-state index < -0.39 is 0 Å². The van der Waals surface area contributed by atoms with Gasteiger partial charge in [0.2, 0.25) is 5.91 Å².